The van der Waals surface area contributed by atoms with Crippen LogP contribution in [0.15, 0.2) is 60.8 Å². The van der Waals surface area contributed by atoms with Gasteiger partial charge in [0.15, 0.2) is 0 Å². The Balaban J connectivity index is 1.81. The lowest BCUT2D eigenvalue weighted by Gasteiger charge is -2.20. The summed E-state index contributed by atoms with van der Waals surface area (Å²) in [4.78, 5) is 16.9. The summed E-state index contributed by atoms with van der Waals surface area (Å²) in [7, 11) is 1.68. The molecule has 0 aliphatic carbocycles. The van der Waals surface area contributed by atoms with Crippen molar-refractivity contribution in [3.05, 3.63) is 66.5 Å². The first kappa shape index (κ1) is 18.1. The van der Waals surface area contributed by atoms with Crippen LogP contribution in [0.1, 0.15) is 5.69 Å². The zero-order valence-corrected chi connectivity index (χ0v) is 14.7. The van der Waals surface area contributed by atoms with Crippen molar-refractivity contribution >= 4 is 11.6 Å². The Morgan fingerprint density at radius 1 is 1.15 bits per heavy atom. The van der Waals surface area contributed by atoms with E-state index in [2.05, 4.69) is 25.3 Å². The Hall–Kier alpha value is -3.72. The second kappa shape index (κ2) is 8.11. The van der Waals surface area contributed by atoms with E-state index in [1.165, 1.54) is 17.3 Å². The first-order valence-electron chi connectivity index (χ1n) is 8.14. The number of hydrazine groups is 1. The SMILES string of the molecule is CN(N)/C(CNc1nccc(-c2cccnc2)n1)=C(\N)c1ccc(O)cn1. The van der Waals surface area contributed by atoms with E-state index in [1.54, 1.807) is 31.7 Å². The number of likely N-dealkylation sites (N-methyl/N-ethyl adjacent to an activating group) is 1. The van der Waals surface area contributed by atoms with Crippen LogP contribution in [0.3, 0.4) is 0 Å². The van der Waals surface area contributed by atoms with Crippen molar-refractivity contribution in [3.8, 4) is 17.0 Å². The summed E-state index contributed by atoms with van der Waals surface area (Å²) in [6, 6.07) is 8.71. The van der Waals surface area contributed by atoms with Gasteiger partial charge in [0, 0.05) is 31.2 Å². The van der Waals surface area contributed by atoms with E-state index in [9.17, 15) is 5.11 Å². The summed E-state index contributed by atoms with van der Waals surface area (Å²) in [5.74, 6) is 6.41. The lowest BCUT2D eigenvalue weighted by atomic mass is 10.2. The summed E-state index contributed by atoms with van der Waals surface area (Å²) < 4.78 is 0. The average molecular weight is 364 g/mol. The Bertz CT molecular complexity index is 926. The maximum absolute atomic E-state index is 9.37. The standard InChI is InChI=1S/C18H20N8O/c1-26(20)16(17(19)15-5-4-13(27)10-23-15)11-24-18-22-8-6-14(25-18)12-3-2-7-21-9-12/h2-10,27H,11,19-20H2,1H3,(H,22,24,25)/b17-16-. The molecule has 0 amide bonds. The predicted octanol–water partition coefficient (Wildman–Crippen LogP) is 1.18. The molecule has 3 aromatic rings. The number of hydrogen-bond donors (Lipinski definition) is 4. The molecule has 3 aromatic heterocycles. The van der Waals surface area contributed by atoms with Crippen molar-refractivity contribution in [1.82, 2.24) is 24.9 Å². The lowest BCUT2D eigenvalue weighted by molar-refractivity contribution is 0.438. The number of aromatic nitrogens is 4. The second-order valence-corrected chi connectivity index (χ2v) is 5.73. The number of hydrogen-bond acceptors (Lipinski definition) is 9. The fourth-order valence-corrected chi connectivity index (χ4v) is 2.38. The maximum atomic E-state index is 9.37. The van der Waals surface area contributed by atoms with Crippen LogP contribution in [0.25, 0.3) is 17.0 Å². The summed E-state index contributed by atoms with van der Waals surface area (Å²) >= 11 is 0. The van der Waals surface area contributed by atoms with Crippen molar-refractivity contribution < 1.29 is 5.11 Å². The van der Waals surface area contributed by atoms with Gasteiger partial charge in [-0.3, -0.25) is 9.97 Å². The van der Waals surface area contributed by atoms with Gasteiger partial charge < -0.3 is 21.2 Å². The Labute approximate surface area is 156 Å². The highest BCUT2D eigenvalue weighted by Crippen LogP contribution is 2.18. The number of rotatable bonds is 6. The van der Waals surface area contributed by atoms with Gasteiger partial charge in [0.2, 0.25) is 5.95 Å². The molecule has 3 rings (SSSR count). The van der Waals surface area contributed by atoms with Gasteiger partial charge in [0.05, 0.1) is 35.5 Å². The Morgan fingerprint density at radius 2 is 2.00 bits per heavy atom. The van der Waals surface area contributed by atoms with Gasteiger partial charge in [-0.15, -0.1) is 0 Å². The molecular weight excluding hydrogens is 344 g/mol. The molecular formula is C18H20N8O. The zero-order chi connectivity index (χ0) is 19.2. The molecule has 0 bridgehead atoms. The number of anilines is 1. The highest BCUT2D eigenvalue weighted by atomic mass is 16.3. The molecule has 0 aliphatic rings. The molecule has 138 valence electrons. The van der Waals surface area contributed by atoms with Gasteiger partial charge >= 0.3 is 0 Å². The third-order valence-corrected chi connectivity index (χ3v) is 3.79. The van der Waals surface area contributed by atoms with Gasteiger partial charge in [-0.2, -0.15) is 0 Å². The van der Waals surface area contributed by atoms with Crippen molar-refractivity contribution in [3.63, 3.8) is 0 Å². The number of nitrogens with zero attached hydrogens (tertiary/aromatic N) is 5. The van der Waals surface area contributed by atoms with Crippen LogP contribution in [0.4, 0.5) is 5.95 Å². The number of nitrogens with one attached hydrogen (secondary N) is 1. The van der Waals surface area contributed by atoms with Crippen LogP contribution in [-0.4, -0.2) is 43.6 Å². The number of aromatic hydroxyl groups is 1. The van der Waals surface area contributed by atoms with E-state index in [0.717, 1.165) is 11.3 Å². The van der Waals surface area contributed by atoms with E-state index >= 15 is 0 Å². The lowest BCUT2D eigenvalue weighted by Crippen LogP contribution is -2.32. The fraction of sp³-hybridized carbons (Fsp3) is 0.111. The quantitative estimate of drug-likeness (QED) is 0.375. The summed E-state index contributed by atoms with van der Waals surface area (Å²) in [5.41, 5.74) is 9.33. The summed E-state index contributed by atoms with van der Waals surface area (Å²) in [6.07, 6.45) is 6.43. The second-order valence-electron chi connectivity index (χ2n) is 5.73. The summed E-state index contributed by atoms with van der Waals surface area (Å²) in [5, 5.41) is 13.9. The minimum absolute atomic E-state index is 0.0629. The molecule has 0 unspecified atom stereocenters. The molecule has 0 saturated heterocycles. The summed E-state index contributed by atoms with van der Waals surface area (Å²) in [6.45, 7) is 0.290. The molecule has 0 saturated carbocycles. The molecule has 0 radical (unpaired) electrons. The van der Waals surface area contributed by atoms with Crippen molar-refractivity contribution in [2.45, 2.75) is 0 Å². The molecule has 9 nitrogen and oxygen atoms in total. The predicted molar refractivity (Wildman–Crippen MR) is 103 cm³/mol. The highest BCUT2D eigenvalue weighted by molar-refractivity contribution is 5.64. The van der Waals surface area contributed by atoms with E-state index in [-0.39, 0.29) is 12.3 Å². The van der Waals surface area contributed by atoms with Crippen molar-refractivity contribution in [2.75, 3.05) is 18.9 Å². The van der Waals surface area contributed by atoms with Crippen LogP contribution in [0, 0.1) is 0 Å². The smallest absolute Gasteiger partial charge is 0.223 e. The minimum Gasteiger partial charge on any atom is -0.506 e. The number of nitrogens with two attached hydrogens (primary N) is 2. The molecule has 9 heteroatoms. The third kappa shape index (κ3) is 4.47. The van der Waals surface area contributed by atoms with E-state index < -0.39 is 0 Å². The maximum Gasteiger partial charge on any atom is 0.223 e. The van der Waals surface area contributed by atoms with Gasteiger partial charge in [0.25, 0.3) is 0 Å². The Morgan fingerprint density at radius 3 is 2.67 bits per heavy atom. The van der Waals surface area contributed by atoms with Crippen LogP contribution in [0.5, 0.6) is 5.75 Å². The average Bonchev–Trinajstić information content (AvgIpc) is 2.69. The molecule has 27 heavy (non-hydrogen) atoms. The molecule has 3 heterocycles. The van der Waals surface area contributed by atoms with Gasteiger partial charge in [-0.05, 0) is 30.3 Å². The molecule has 0 atom stereocenters. The van der Waals surface area contributed by atoms with Gasteiger partial charge in [-0.25, -0.2) is 15.8 Å². The zero-order valence-electron chi connectivity index (χ0n) is 14.7. The highest BCUT2D eigenvalue weighted by Gasteiger charge is 2.11. The number of pyridine rings is 2. The van der Waals surface area contributed by atoms with Crippen molar-refractivity contribution in [1.29, 1.82) is 0 Å². The topological polar surface area (TPSA) is 139 Å². The minimum atomic E-state index is 0.0629. The Kier molecular flexibility index (Phi) is 5.43. The van der Waals surface area contributed by atoms with Gasteiger partial charge in [0.1, 0.15) is 5.75 Å². The van der Waals surface area contributed by atoms with Gasteiger partial charge in [-0.1, -0.05) is 0 Å². The van der Waals surface area contributed by atoms with E-state index in [1.807, 2.05) is 18.2 Å². The normalized spacial score (nSPS) is 11.6. The largest absolute Gasteiger partial charge is 0.506 e. The monoisotopic (exact) mass is 364 g/mol. The molecule has 0 aliphatic heterocycles. The molecule has 0 fully saturated rings. The first-order valence-corrected chi connectivity index (χ1v) is 8.14. The molecule has 0 spiro atoms. The van der Waals surface area contributed by atoms with Crippen LogP contribution in [0.2, 0.25) is 0 Å². The third-order valence-electron chi connectivity index (χ3n) is 3.79. The van der Waals surface area contributed by atoms with Crippen LogP contribution >= 0.6 is 0 Å². The molecule has 6 N–H and O–H groups in total. The molecule has 0 aromatic carbocycles. The van der Waals surface area contributed by atoms with E-state index in [4.69, 9.17) is 11.6 Å². The van der Waals surface area contributed by atoms with Crippen LogP contribution in [-0.2, 0) is 0 Å². The van der Waals surface area contributed by atoms with Crippen LogP contribution < -0.4 is 16.9 Å². The first-order chi connectivity index (χ1) is 13.0. The van der Waals surface area contributed by atoms with Crippen molar-refractivity contribution in [2.24, 2.45) is 11.6 Å². The van der Waals surface area contributed by atoms with E-state index in [0.29, 0.717) is 23.0 Å². The fourth-order valence-electron chi connectivity index (χ4n) is 2.38.